The van der Waals surface area contributed by atoms with Crippen LogP contribution in [0.5, 0.6) is 0 Å². The molecular weight excluding hydrogens is 319 g/mol. The molecule has 0 aliphatic rings. The third-order valence-electron chi connectivity index (χ3n) is 5.08. The molecule has 0 amide bonds. The Balaban J connectivity index is 3.33. The van der Waals surface area contributed by atoms with E-state index >= 15 is 0 Å². The molecule has 0 bridgehead atoms. The maximum atomic E-state index is 2.57. The molecule has 0 aliphatic heterocycles. The summed E-state index contributed by atoms with van der Waals surface area (Å²) in [5, 5.41) is 1.72. The lowest BCUT2D eigenvalue weighted by molar-refractivity contribution is 0.841. The molecule has 0 aliphatic carbocycles. The SMILES string of the molecule is C/C=C/C/C=C(\c1ccccc1)[P+](CCCC)(CCCC)CCCC. The van der Waals surface area contributed by atoms with Crippen molar-refractivity contribution >= 4 is 12.6 Å². The van der Waals surface area contributed by atoms with E-state index < -0.39 is 7.26 Å². The largest absolute Gasteiger partial charge is 0.0974 e. The zero-order valence-corrected chi connectivity index (χ0v) is 18.0. The first-order chi connectivity index (χ1) is 12.2. The van der Waals surface area contributed by atoms with Crippen LogP contribution >= 0.6 is 7.26 Å². The van der Waals surface area contributed by atoms with Crippen LogP contribution in [0.3, 0.4) is 0 Å². The Labute approximate surface area is 158 Å². The second-order valence-electron chi connectivity index (χ2n) is 7.14. The minimum absolute atomic E-state index is 1.08. The molecule has 0 saturated carbocycles. The summed E-state index contributed by atoms with van der Waals surface area (Å²) in [5.74, 6) is 0. The van der Waals surface area contributed by atoms with Crippen LogP contribution in [0.25, 0.3) is 5.31 Å². The number of unbranched alkanes of at least 4 members (excludes halogenated alkanes) is 3. The third-order valence-corrected chi connectivity index (χ3v) is 10.1. The second-order valence-corrected chi connectivity index (χ2v) is 11.3. The van der Waals surface area contributed by atoms with E-state index in [1.165, 1.54) is 62.6 Å². The summed E-state index contributed by atoms with van der Waals surface area (Å²) in [5.41, 5.74) is 1.49. The molecule has 0 atom stereocenters. The van der Waals surface area contributed by atoms with Crippen molar-refractivity contribution < 1.29 is 0 Å². The average Bonchev–Trinajstić information content (AvgIpc) is 2.66. The van der Waals surface area contributed by atoms with Gasteiger partial charge in [-0.25, -0.2) is 0 Å². The molecule has 1 aromatic carbocycles. The molecule has 0 nitrogen and oxygen atoms in total. The van der Waals surface area contributed by atoms with Gasteiger partial charge in [0.1, 0.15) is 0 Å². The zero-order chi connectivity index (χ0) is 18.4. The second kappa shape index (κ2) is 13.3. The Morgan fingerprint density at radius 3 is 1.80 bits per heavy atom. The highest BCUT2D eigenvalue weighted by Crippen LogP contribution is 2.70. The minimum atomic E-state index is -1.09. The Morgan fingerprint density at radius 1 is 0.840 bits per heavy atom. The van der Waals surface area contributed by atoms with Gasteiger partial charge in [-0.2, -0.15) is 0 Å². The van der Waals surface area contributed by atoms with Gasteiger partial charge in [0.2, 0.25) is 0 Å². The maximum Gasteiger partial charge on any atom is 0.0974 e. The van der Waals surface area contributed by atoms with Crippen molar-refractivity contribution in [2.45, 2.75) is 72.6 Å². The molecule has 1 heteroatoms. The highest BCUT2D eigenvalue weighted by atomic mass is 31.2. The number of allylic oxidation sites excluding steroid dienone is 3. The first-order valence-corrected chi connectivity index (χ1v) is 12.8. The van der Waals surface area contributed by atoms with E-state index in [2.05, 4.69) is 76.3 Å². The van der Waals surface area contributed by atoms with Crippen LogP contribution in [-0.4, -0.2) is 18.5 Å². The Kier molecular flexibility index (Phi) is 11.8. The smallest absolute Gasteiger partial charge is 0.0913 e. The Morgan fingerprint density at radius 2 is 1.36 bits per heavy atom. The summed E-state index contributed by atoms with van der Waals surface area (Å²) >= 11 is 0. The van der Waals surface area contributed by atoms with E-state index in [4.69, 9.17) is 0 Å². The molecule has 0 aromatic heterocycles. The topological polar surface area (TPSA) is 0 Å². The number of hydrogen-bond acceptors (Lipinski definition) is 0. The van der Waals surface area contributed by atoms with Crippen LogP contribution in [0, 0.1) is 0 Å². The van der Waals surface area contributed by atoms with Crippen molar-refractivity contribution in [3.8, 4) is 0 Å². The Hall–Kier alpha value is -0.870. The minimum Gasteiger partial charge on any atom is -0.0913 e. The summed E-state index contributed by atoms with van der Waals surface area (Å²) in [4.78, 5) is 0. The van der Waals surface area contributed by atoms with Gasteiger partial charge in [-0.1, -0.05) is 82.5 Å². The van der Waals surface area contributed by atoms with Crippen LogP contribution < -0.4 is 0 Å². The molecule has 0 saturated heterocycles. The molecule has 0 spiro atoms. The standard InChI is InChI=1S/C24H40P/c1-5-9-14-19-24(23-17-15-13-16-18-23)25(20-10-6-2,21-11-7-3)22-12-8-4/h5,9,13,15-19H,6-8,10-12,14,20-22H2,1-4H3/q+1/b9-5+,24-19+. The van der Waals surface area contributed by atoms with Gasteiger partial charge in [0, 0.05) is 12.8 Å². The first kappa shape index (κ1) is 22.2. The summed E-state index contributed by atoms with van der Waals surface area (Å²) < 4.78 is 0. The molecule has 1 rings (SSSR count). The molecule has 0 radical (unpaired) electrons. The van der Waals surface area contributed by atoms with E-state index in [1.54, 1.807) is 5.31 Å². The van der Waals surface area contributed by atoms with Gasteiger partial charge in [0.15, 0.2) is 0 Å². The lowest BCUT2D eigenvalue weighted by Crippen LogP contribution is -2.11. The van der Waals surface area contributed by atoms with Crippen molar-refractivity contribution in [2.75, 3.05) is 18.5 Å². The van der Waals surface area contributed by atoms with Crippen molar-refractivity contribution in [2.24, 2.45) is 0 Å². The quantitative estimate of drug-likeness (QED) is 0.245. The van der Waals surface area contributed by atoms with Crippen LogP contribution in [0.15, 0.2) is 48.6 Å². The van der Waals surface area contributed by atoms with Crippen LogP contribution in [0.4, 0.5) is 0 Å². The first-order valence-electron chi connectivity index (χ1n) is 10.5. The monoisotopic (exact) mass is 359 g/mol. The van der Waals surface area contributed by atoms with Gasteiger partial charge in [-0.05, 0) is 38.7 Å². The highest BCUT2D eigenvalue weighted by molar-refractivity contribution is 7.85. The van der Waals surface area contributed by atoms with Crippen molar-refractivity contribution in [1.29, 1.82) is 0 Å². The lowest BCUT2D eigenvalue weighted by atomic mass is 10.2. The lowest BCUT2D eigenvalue weighted by Gasteiger charge is -2.30. The van der Waals surface area contributed by atoms with Crippen LogP contribution in [0.1, 0.15) is 78.2 Å². The molecule has 1 aromatic rings. The predicted octanol–water partition coefficient (Wildman–Crippen LogP) is 8.41. The van der Waals surface area contributed by atoms with Crippen LogP contribution in [0.2, 0.25) is 0 Å². The molecule has 140 valence electrons. The fourth-order valence-electron chi connectivity index (χ4n) is 3.59. The van der Waals surface area contributed by atoms with Crippen molar-refractivity contribution in [1.82, 2.24) is 0 Å². The van der Waals surface area contributed by atoms with Gasteiger partial charge in [-0.3, -0.25) is 0 Å². The predicted molar refractivity (Wildman–Crippen MR) is 120 cm³/mol. The maximum absolute atomic E-state index is 2.57. The molecule has 0 heterocycles. The van der Waals surface area contributed by atoms with Gasteiger partial charge in [-0.15, -0.1) is 0 Å². The van der Waals surface area contributed by atoms with Gasteiger partial charge in [0.05, 0.1) is 23.8 Å². The van der Waals surface area contributed by atoms with E-state index in [0.717, 1.165) is 6.42 Å². The van der Waals surface area contributed by atoms with E-state index in [0.29, 0.717) is 0 Å². The summed E-state index contributed by atoms with van der Waals surface area (Å²) in [7, 11) is -1.09. The summed E-state index contributed by atoms with van der Waals surface area (Å²) in [6, 6.07) is 11.3. The summed E-state index contributed by atoms with van der Waals surface area (Å²) in [6.07, 6.45) is 20.6. The van der Waals surface area contributed by atoms with Gasteiger partial charge < -0.3 is 0 Å². The molecule has 0 N–H and O–H groups in total. The van der Waals surface area contributed by atoms with Gasteiger partial charge in [0.25, 0.3) is 0 Å². The van der Waals surface area contributed by atoms with Crippen LogP contribution in [-0.2, 0) is 0 Å². The molecular formula is C24H40P+. The van der Waals surface area contributed by atoms with Crippen molar-refractivity contribution in [3.05, 3.63) is 54.1 Å². The zero-order valence-electron chi connectivity index (χ0n) is 17.1. The fraction of sp³-hybridized carbons (Fsp3) is 0.583. The fourth-order valence-corrected chi connectivity index (χ4v) is 8.94. The molecule has 25 heavy (non-hydrogen) atoms. The molecule has 0 unspecified atom stereocenters. The van der Waals surface area contributed by atoms with Crippen molar-refractivity contribution in [3.63, 3.8) is 0 Å². The normalized spacial score (nSPS) is 12.9. The summed E-state index contributed by atoms with van der Waals surface area (Å²) in [6.45, 7) is 9.17. The molecule has 0 fully saturated rings. The van der Waals surface area contributed by atoms with E-state index in [1.807, 2.05) is 0 Å². The Bertz CT molecular complexity index is 476. The number of hydrogen-bond donors (Lipinski definition) is 0. The third kappa shape index (κ3) is 7.49. The average molecular weight is 360 g/mol. The van der Waals surface area contributed by atoms with E-state index in [-0.39, 0.29) is 0 Å². The van der Waals surface area contributed by atoms with Gasteiger partial charge >= 0.3 is 0 Å². The van der Waals surface area contributed by atoms with E-state index in [9.17, 15) is 0 Å². The highest BCUT2D eigenvalue weighted by Gasteiger charge is 2.40. The number of benzene rings is 1. The number of rotatable bonds is 13.